The van der Waals surface area contributed by atoms with E-state index in [1.54, 1.807) is 0 Å². The van der Waals surface area contributed by atoms with Crippen LogP contribution < -0.4 is 10.0 Å². The average molecular weight is 354 g/mol. The first-order chi connectivity index (χ1) is 10.5. The lowest BCUT2D eigenvalue weighted by Crippen LogP contribution is -2.37. The van der Waals surface area contributed by atoms with Crippen molar-refractivity contribution in [3.8, 4) is 0 Å². The summed E-state index contributed by atoms with van der Waals surface area (Å²) in [5, 5.41) is 10.5. The van der Waals surface area contributed by atoms with Crippen LogP contribution in [0.5, 0.6) is 0 Å². The zero-order chi connectivity index (χ0) is 17.7. The zero-order valence-electron chi connectivity index (χ0n) is 11.6. The third-order valence-corrected chi connectivity index (χ3v) is 3.95. The van der Waals surface area contributed by atoms with E-state index in [1.165, 1.54) is 0 Å². The predicted octanol–water partition coefficient (Wildman–Crippen LogP) is 0.575. The number of nitrogens with one attached hydrogen (secondary N) is 2. The molecule has 0 unspecified atom stereocenters. The third-order valence-electron chi connectivity index (χ3n) is 2.56. The van der Waals surface area contributed by atoms with E-state index in [4.69, 9.17) is 5.11 Å². The number of alkyl halides is 3. The van der Waals surface area contributed by atoms with Crippen molar-refractivity contribution in [1.82, 2.24) is 10.0 Å². The van der Waals surface area contributed by atoms with Gasteiger partial charge in [0.25, 0.3) is 0 Å². The Morgan fingerprint density at radius 1 is 1.22 bits per heavy atom. The first-order valence-electron chi connectivity index (χ1n) is 6.18. The van der Waals surface area contributed by atoms with Gasteiger partial charge in [0.05, 0.1) is 23.4 Å². The first kappa shape index (κ1) is 18.9. The van der Waals surface area contributed by atoms with Gasteiger partial charge < -0.3 is 10.4 Å². The summed E-state index contributed by atoms with van der Waals surface area (Å²) in [4.78, 5) is 20.9. The van der Waals surface area contributed by atoms with E-state index < -0.39 is 45.1 Å². The van der Waals surface area contributed by atoms with Gasteiger partial charge in [-0.15, -0.1) is 0 Å². The van der Waals surface area contributed by atoms with Crippen molar-refractivity contribution in [3.63, 3.8) is 0 Å². The Labute approximate surface area is 129 Å². The Morgan fingerprint density at radius 3 is 2.43 bits per heavy atom. The minimum Gasteiger partial charge on any atom is -0.481 e. The summed E-state index contributed by atoms with van der Waals surface area (Å²) >= 11 is 0. The highest BCUT2D eigenvalue weighted by atomic mass is 32.2. The number of sulfonamides is 1. The second-order valence-corrected chi connectivity index (χ2v) is 6.11. The Balaban J connectivity index is 2.69. The number of aliphatic carboxylic acids is 1. The highest BCUT2D eigenvalue weighted by Gasteiger charge is 2.31. The Bertz CT molecular complexity index is 688. The number of benzene rings is 1. The molecule has 3 N–H and O–H groups in total. The molecule has 7 nitrogen and oxygen atoms in total. The molecule has 0 heterocycles. The summed E-state index contributed by atoms with van der Waals surface area (Å²) in [6.07, 6.45) is -5.04. The molecule has 0 aliphatic rings. The molecular formula is C12H13F3N2O5S. The van der Waals surface area contributed by atoms with Crippen LogP contribution in [0.25, 0.3) is 0 Å². The molecule has 1 rings (SSSR count). The lowest BCUT2D eigenvalue weighted by atomic mass is 10.2. The van der Waals surface area contributed by atoms with Gasteiger partial charge in [0.2, 0.25) is 15.9 Å². The summed E-state index contributed by atoms with van der Waals surface area (Å²) in [5.41, 5.74) is -1.13. The van der Waals surface area contributed by atoms with E-state index in [2.05, 4.69) is 5.32 Å². The fraction of sp³-hybridized carbons (Fsp3) is 0.333. The molecule has 0 aliphatic heterocycles. The summed E-state index contributed by atoms with van der Waals surface area (Å²) in [7, 11) is -4.31. The second-order valence-electron chi connectivity index (χ2n) is 4.34. The van der Waals surface area contributed by atoms with Gasteiger partial charge in [-0.3, -0.25) is 9.59 Å². The molecule has 0 spiro atoms. The van der Waals surface area contributed by atoms with E-state index in [0.717, 1.165) is 18.2 Å². The average Bonchev–Trinajstić information content (AvgIpc) is 2.44. The van der Waals surface area contributed by atoms with Crippen LogP contribution in [0.3, 0.4) is 0 Å². The second kappa shape index (κ2) is 7.42. The molecular weight excluding hydrogens is 341 g/mol. The minimum atomic E-state index is -4.69. The van der Waals surface area contributed by atoms with Gasteiger partial charge in [0.1, 0.15) is 0 Å². The van der Waals surface area contributed by atoms with E-state index in [0.29, 0.717) is 6.07 Å². The quantitative estimate of drug-likeness (QED) is 0.663. The zero-order valence-corrected chi connectivity index (χ0v) is 12.4. The van der Waals surface area contributed by atoms with Gasteiger partial charge in [-0.05, 0) is 18.2 Å². The van der Waals surface area contributed by atoms with Crippen LogP contribution in [0, 0.1) is 0 Å². The molecule has 0 aromatic heterocycles. The number of amides is 1. The number of halogens is 3. The summed E-state index contributed by atoms with van der Waals surface area (Å²) in [6, 6.07) is 3.06. The molecule has 0 saturated carbocycles. The van der Waals surface area contributed by atoms with Gasteiger partial charge in [-0.25, -0.2) is 13.1 Å². The van der Waals surface area contributed by atoms with Gasteiger partial charge >= 0.3 is 12.1 Å². The van der Waals surface area contributed by atoms with Crippen molar-refractivity contribution in [1.29, 1.82) is 0 Å². The molecule has 1 amide bonds. The lowest BCUT2D eigenvalue weighted by molar-refractivity contribution is -0.138. The topological polar surface area (TPSA) is 113 Å². The van der Waals surface area contributed by atoms with E-state index in [-0.39, 0.29) is 13.0 Å². The minimum absolute atomic E-state index is 0.195. The summed E-state index contributed by atoms with van der Waals surface area (Å²) in [5.74, 6) is -1.95. The van der Waals surface area contributed by atoms with Gasteiger partial charge in [0.15, 0.2) is 0 Å². The van der Waals surface area contributed by atoms with Gasteiger partial charge in [-0.2, -0.15) is 13.2 Å². The van der Waals surface area contributed by atoms with Crippen molar-refractivity contribution in [2.75, 3.05) is 13.1 Å². The van der Waals surface area contributed by atoms with Crippen LogP contribution >= 0.6 is 0 Å². The summed E-state index contributed by atoms with van der Waals surface area (Å²) < 4.78 is 63.2. The van der Waals surface area contributed by atoms with Crippen LogP contribution in [0.15, 0.2) is 29.2 Å². The van der Waals surface area contributed by atoms with Crippen molar-refractivity contribution >= 4 is 21.9 Å². The smallest absolute Gasteiger partial charge is 0.416 e. The normalized spacial score (nSPS) is 12.0. The molecule has 1 aromatic carbocycles. The maximum Gasteiger partial charge on any atom is 0.416 e. The van der Waals surface area contributed by atoms with E-state index in [9.17, 15) is 31.2 Å². The number of carboxylic acids is 1. The molecule has 1 aromatic rings. The number of carbonyl (C=O) groups is 2. The van der Waals surface area contributed by atoms with Crippen LogP contribution in [-0.4, -0.2) is 38.5 Å². The molecule has 0 radical (unpaired) electrons. The fourth-order valence-corrected chi connectivity index (χ4v) is 2.48. The summed E-state index contributed by atoms with van der Waals surface area (Å²) in [6.45, 7) is -0.919. The monoisotopic (exact) mass is 354 g/mol. The largest absolute Gasteiger partial charge is 0.481 e. The Morgan fingerprint density at radius 2 is 1.87 bits per heavy atom. The van der Waals surface area contributed by atoms with Gasteiger partial charge in [0, 0.05) is 6.54 Å². The maximum absolute atomic E-state index is 12.5. The van der Waals surface area contributed by atoms with Crippen molar-refractivity contribution in [2.24, 2.45) is 0 Å². The number of carbonyl (C=O) groups excluding carboxylic acids is 1. The third kappa shape index (κ3) is 6.24. The highest BCUT2D eigenvalue weighted by Crippen LogP contribution is 2.30. The number of carboxylic acid groups (broad SMARTS) is 1. The Hall–Kier alpha value is -2.14. The predicted molar refractivity (Wildman–Crippen MR) is 71.9 cm³/mol. The molecule has 0 atom stereocenters. The van der Waals surface area contributed by atoms with E-state index >= 15 is 0 Å². The fourth-order valence-electron chi connectivity index (χ4n) is 1.45. The molecule has 0 saturated heterocycles. The van der Waals surface area contributed by atoms with Crippen LogP contribution in [0.4, 0.5) is 13.2 Å². The van der Waals surface area contributed by atoms with Crippen molar-refractivity contribution in [3.05, 3.63) is 29.8 Å². The van der Waals surface area contributed by atoms with Crippen molar-refractivity contribution < 1.29 is 36.3 Å². The molecule has 0 aliphatic carbocycles. The number of hydrogen-bond acceptors (Lipinski definition) is 4. The lowest BCUT2D eigenvalue weighted by Gasteiger charge is -2.10. The molecule has 11 heteroatoms. The first-order valence-corrected chi connectivity index (χ1v) is 7.66. The molecule has 0 fully saturated rings. The van der Waals surface area contributed by atoms with Crippen molar-refractivity contribution in [2.45, 2.75) is 17.5 Å². The molecule has 0 bridgehead atoms. The molecule has 23 heavy (non-hydrogen) atoms. The van der Waals surface area contributed by atoms with Crippen LogP contribution in [0.1, 0.15) is 12.0 Å². The number of hydrogen-bond donors (Lipinski definition) is 3. The highest BCUT2D eigenvalue weighted by molar-refractivity contribution is 7.89. The standard InChI is InChI=1S/C12H13F3N2O5S/c13-12(14,15)8-2-1-3-9(6-8)23(21,22)17-7-10(18)16-5-4-11(19)20/h1-3,6,17H,4-5,7H2,(H,16,18)(H,19,20). The Kier molecular flexibility index (Phi) is 6.10. The van der Waals surface area contributed by atoms with Crippen LogP contribution in [0.2, 0.25) is 0 Å². The SMILES string of the molecule is O=C(O)CCNC(=O)CNS(=O)(=O)c1cccc(C(F)(F)F)c1. The van der Waals surface area contributed by atoms with Crippen LogP contribution in [-0.2, 0) is 25.8 Å². The van der Waals surface area contributed by atoms with E-state index in [1.807, 2.05) is 4.72 Å². The number of rotatable bonds is 7. The maximum atomic E-state index is 12.5. The molecule has 128 valence electrons. The van der Waals surface area contributed by atoms with Gasteiger partial charge in [-0.1, -0.05) is 6.07 Å².